The van der Waals surface area contributed by atoms with Gasteiger partial charge >= 0.3 is 0 Å². The predicted molar refractivity (Wildman–Crippen MR) is 84.0 cm³/mol. The highest BCUT2D eigenvalue weighted by atomic mass is 32.1. The minimum absolute atomic E-state index is 0.00129. The van der Waals surface area contributed by atoms with E-state index in [9.17, 15) is 4.79 Å². The molecule has 0 atom stereocenters. The molecule has 1 heterocycles. The lowest BCUT2D eigenvalue weighted by atomic mass is 10.2. The van der Waals surface area contributed by atoms with Crippen LogP contribution in [0.3, 0.4) is 0 Å². The first-order valence-corrected chi connectivity index (χ1v) is 7.52. The number of likely N-dealkylation sites (N-methyl/N-ethyl adjacent to an activating group) is 1. The van der Waals surface area contributed by atoms with Crippen LogP contribution in [0.2, 0.25) is 0 Å². The summed E-state index contributed by atoms with van der Waals surface area (Å²) in [6, 6.07) is 9.62. The van der Waals surface area contributed by atoms with Crippen molar-refractivity contribution >= 4 is 17.2 Å². The van der Waals surface area contributed by atoms with E-state index in [0.717, 1.165) is 10.4 Å². The molecule has 0 saturated heterocycles. The molecule has 0 fully saturated rings. The van der Waals surface area contributed by atoms with Gasteiger partial charge in [-0.1, -0.05) is 12.1 Å². The van der Waals surface area contributed by atoms with Crippen LogP contribution in [0.5, 0.6) is 11.5 Å². The Morgan fingerprint density at radius 2 is 2.10 bits per heavy atom. The van der Waals surface area contributed by atoms with Crippen molar-refractivity contribution in [3.8, 4) is 11.5 Å². The minimum Gasteiger partial charge on any atom is -0.493 e. The molecule has 1 aromatic carbocycles. The molecule has 2 rings (SSSR count). The highest BCUT2D eigenvalue weighted by molar-refractivity contribution is 7.09. The molecule has 1 aromatic heterocycles. The monoisotopic (exact) mass is 305 g/mol. The fourth-order valence-electron chi connectivity index (χ4n) is 1.87. The van der Waals surface area contributed by atoms with E-state index in [-0.39, 0.29) is 12.5 Å². The Morgan fingerprint density at radius 3 is 2.76 bits per heavy atom. The Hall–Kier alpha value is -2.01. The van der Waals surface area contributed by atoms with Crippen molar-refractivity contribution in [2.24, 2.45) is 0 Å². The zero-order chi connectivity index (χ0) is 15.2. The molecule has 1 amide bonds. The van der Waals surface area contributed by atoms with Crippen molar-refractivity contribution < 1.29 is 14.3 Å². The van der Waals surface area contributed by atoms with Gasteiger partial charge in [0, 0.05) is 11.9 Å². The average molecular weight is 305 g/mol. The van der Waals surface area contributed by atoms with Crippen LogP contribution in [0.25, 0.3) is 0 Å². The SMILES string of the molecule is COc1cc(C)ccc1OCC(=O)N(C)Cc1cccs1. The summed E-state index contributed by atoms with van der Waals surface area (Å²) in [7, 11) is 3.37. The van der Waals surface area contributed by atoms with Gasteiger partial charge in [-0.3, -0.25) is 4.79 Å². The molecule has 0 aliphatic heterocycles. The third-order valence-corrected chi connectivity index (χ3v) is 3.93. The number of benzene rings is 1. The number of hydrogen-bond acceptors (Lipinski definition) is 4. The average Bonchev–Trinajstić information content (AvgIpc) is 2.98. The summed E-state index contributed by atoms with van der Waals surface area (Å²) < 4.78 is 10.8. The second-order valence-corrected chi connectivity index (χ2v) is 5.80. The van der Waals surface area contributed by atoms with Gasteiger partial charge in [0.25, 0.3) is 5.91 Å². The number of ether oxygens (including phenoxy) is 2. The largest absolute Gasteiger partial charge is 0.493 e. The molecule has 21 heavy (non-hydrogen) atoms. The smallest absolute Gasteiger partial charge is 0.260 e. The molecule has 0 aliphatic rings. The third kappa shape index (κ3) is 4.23. The first-order chi connectivity index (χ1) is 10.1. The zero-order valence-corrected chi connectivity index (χ0v) is 13.3. The van der Waals surface area contributed by atoms with Crippen LogP contribution >= 0.6 is 11.3 Å². The first kappa shape index (κ1) is 15.4. The van der Waals surface area contributed by atoms with Gasteiger partial charge in [-0.25, -0.2) is 0 Å². The molecule has 0 saturated carbocycles. The summed E-state index contributed by atoms with van der Waals surface area (Å²) in [6.45, 7) is 2.58. The number of rotatable bonds is 6. The van der Waals surface area contributed by atoms with E-state index in [2.05, 4.69) is 0 Å². The lowest BCUT2D eigenvalue weighted by molar-refractivity contribution is -0.132. The number of nitrogens with zero attached hydrogens (tertiary/aromatic N) is 1. The fraction of sp³-hybridized carbons (Fsp3) is 0.312. The molecule has 0 unspecified atom stereocenters. The standard InChI is InChI=1S/C16H19NO3S/c1-12-6-7-14(15(9-12)19-3)20-11-16(18)17(2)10-13-5-4-8-21-13/h4-9H,10-11H2,1-3H3. The molecule has 0 spiro atoms. The lowest BCUT2D eigenvalue weighted by Gasteiger charge is -2.17. The number of thiophene rings is 1. The fourth-order valence-corrected chi connectivity index (χ4v) is 2.63. The Balaban J connectivity index is 1.91. The van der Waals surface area contributed by atoms with Crippen molar-refractivity contribution in [2.45, 2.75) is 13.5 Å². The summed E-state index contributed by atoms with van der Waals surface area (Å²) in [6.07, 6.45) is 0. The van der Waals surface area contributed by atoms with E-state index >= 15 is 0 Å². The molecule has 0 radical (unpaired) electrons. The predicted octanol–water partition coefficient (Wildman–Crippen LogP) is 3.10. The van der Waals surface area contributed by atoms with Gasteiger partial charge in [-0.05, 0) is 36.1 Å². The van der Waals surface area contributed by atoms with Crippen LogP contribution in [0, 0.1) is 6.92 Å². The maximum absolute atomic E-state index is 12.1. The highest BCUT2D eigenvalue weighted by Crippen LogP contribution is 2.27. The molecule has 0 aliphatic carbocycles. The summed E-state index contributed by atoms with van der Waals surface area (Å²) in [5.74, 6) is 1.16. The van der Waals surface area contributed by atoms with Gasteiger partial charge in [-0.15, -0.1) is 11.3 Å². The first-order valence-electron chi connectivity index (χ1n) is 6.64. The van der Waals surface area contributed by atoms with Crippen molar-refractivity contribution in [1.29, 1.82) is 0 Å². The minimum atomic E-state index is -0.0639. The molecule has 5 heteroatoms. The lowest BCUT2D eigenvalue weighted by Crippen LogP contribution is -2.30. The van der Waals surface area contributed by atoms with Crippen molar-refractivity contribution in [2.75, 3.05) is 20.8 Å². The van der Waals surface area contributed by atoms with E-state index in [1.54, 1.807) is 30.4 Å². The van der Waals surface area contributed by atoms with E-state index in [1.807, 2.05) is 42.6 Å². The summed E-state index contributed by atoms with van der Waals surface area (Å²) in [5, 5.41) is 2.00. The molecule has 112 valence electrons. The number of carbonyl (C=O) groups excluding carboxylic acids is 1. The Bertz CT molecular complexity index is 596. The van der Waals surface area contributed by atoms with Crippen LogP contribution in [0.4, 0.5) is 0 Å². The van der Waals surface area contributed by atoms with Crippen molar-refractivity contribution in [3.05, 3.63) is 46.2 Å². The van der Waals surface area contributed by atoms with E-state index in [4.69, 9.17) is 9.47 Å². The number of carbonyl (C=O) groups is 1. The molecule has 2 aromatic rings. The number of hydrogen-bond donors (Lipinski definition) is 0. The molecule has 0 bridgehead atoms. The Morgan fingerprint density at radius 1 is 1.29 bits per heavy atom. The van der Waals surface area contributed by atoms with Gasteiger partial charge in [0.15, 0.2) is 18.1 Å². The second-order valence-electron chi connectivity index (χ2n) is 4.77. The summed E-state index contributed by atoms with van der Waals surface area (Å²) in [4.78, 5) is 14.9. The van der Waals surface area contributed by atoms with Gasteiger partial charge in [0.1, 0.15) is 0 Å². The molecular formula is C16H19NO3S. The quantitative estimate of drug-likeness (QED) is 0.823. The maximum atomic E-state index is 12.1. The van der Waals surface area contributed by atoms with Crippen LogP contribution in [-0.4, -0.2) is 31.6 Å². The highest BCUT2D eigenvalue weighted by Gasteiger charge is 2.12. The van der Waals surface area contributed by atoms with Crippen LogP contribution in [0.1, 0.15) is 10.4 Å². The van der Waals surface area contributed by atoms with Crippen molar-refractivity contribution in [3.63, 3.8) is 0 Å². The topological polar surface area (TPSA) is 38.8 Å². The number of aryl methyl sites for hydroxylation is 1. The van der Waals surface area contributed by atoms with E-state index < -0.39 is 0 Å². The maximum Gasteiger partial charge on any atom is 0.260 e. The third-order valence-electron chi connectivity index (χ3n) is 3.07. The zero-order valence-electron chi connectivity index (χ0n) is 12.5. The molecular weight excluding hydrogens is 286 g/mol. The van der Waals surface area contributed by atoms with Crippen LogP contribution in [-0.2, 0) is 11.3 Å². The Kier molecular flexibility index (Phi) is 5.22. The van der Waals surface area contributed by atoms with Crippen LogP contribution < -0.4 is 9.47 Å². The molecule has 4 nitrogen and oxygen atoms in total. The number of methoxy groups -OCH3 is 1. The van der Waals surface area contributed by atoms with Crippen LogP contribution in [0.15, 0.2) is 35.7 Å². The second kappa shape index (κ2) is 7.13. The van der Waals surface area contributed by atoms with Crippen molar-refractivity contribution in [1.82, 2.24) is 4.90 Å². The van der Waals surface area contributed by atoms with Gasteiger partial charge in [-0.2, -0.15) is 0 Å². The Labute approximate surface area is 128 Å². The van der Waals surface area contributed by atoms with Gasteiger partial charge in [0.05, 0.1) is 13.7 Å². The number of amides is 1. The summed E-state index contributed by atoms with van der Waals surface area (Å²) in [5.41, 5.74) is 1.08. The van der Waals surface area contributed by atoms with Gasteiger partial charge in [0.2, 0.25) is 0 Å². The van der Waals surface area contributed by atoms with E-state index in [0.29, 0.717) is 18.0 Å². The normalized spacial score (nSPS) is 10.2. The van der Waals surface area contributed by atoms with Gasteiger partial charge < -0.3 is 14.4 Å². The summed E-state index contributed by atoms with van der Waals surface area (Å²) >= 11 is 1.64. The van der Waals surface area contributed by atoms with E-state index in [1.165, 1.54) is 0 Å². The molecule has 0 N–H and O–H groups in total.